The topological polar surface area (TPSA) is 107 Å². The third-order valence-electron chi connectivity index (χ3n) is 4.47. The van der Waals surface area contributed by atoms with Crippen molar-refractivity contribution in [3.63, 3.8) is 0 Å². The Bertz CT molecular complexity index is 845. The molecule has 0 aromatic carbocycles. The van der Waals surface area contributed by atoms with Gasteiger partial charge in [0.05, 0.1) is 24.2 Å². The molecule has 1 saturated carbocycles. The smallest absolute Gasteiger partial charge is 0.227 e. The van der Waals surface area contributed by atoms with Crippen LogP contribution in [0.5, 0.6) is 0 Å². The van der Waals surface area contributed by atoms with Gasteiger partial charge in [-0.25, -0.2) is 9.97 Å². The maximum Gasteiger partial charge on any atom is 0.227 e. The summed E-state index contributed by atoms with van der Waals surface area (Å²) >= 11 is 0. The second-order valence-corrected chi connectivity index (χ2v) is 6.19. The molecule has 3 heterocycles. The number of aromatic amines is 2. The molecular weight excluding hydrogens is 294 g/mol. The van der Waals surface area contributed by atoms with Gasteiger partial charge in [-0.3, -0.25) is 4.79 Å². The number of carbonyl (C=O) groups excluding carboxylic acids is 1. The summed E-state index contributed by atoms with van der Waals surface area (Å²) in [4.78, 5) is 27.3. The molecule has 23 heavy (non-hydrogen) atoms. The zero-order chi connectivity index (χ0) is 15.8. The van der Waals surface area contributed by atoms with Gasteiger partial charge in [-0.05, 0) is 31.7 Å². The average Bonchev–Trinajstić information content (AvgIpc) is 3.14. The van der Waals surface area contributed by atoms with E-state index in [0.717, 1.165) is 47.8 Å². The summed E-state index contributed by atoms with van der Waals surface area (Å²) in [7, 11) is 0. The van der Waals surface area contributed by atoms with E-state index in [0.29, 0.717) is 5.82 Å². The molecule has 4 N–H and O–H groups in total. The first-order valence-electron chi connectivity index (χ1n) is 7.97. The van der Waals surface area contributed by atoms with Crippen LogP contribution in [0.1, 0.15) is 31.5 Å². The van der Waals surface area contributed by atoms with Crippen LogP contribution in [0.25, 0.3) is 22.1 Å². The predicted molar refractivity (Wildman–Crippen MR) is 85.9 cm³/mol. The molecule has 1 fully saturated rings. The molecule has 0 bridgehead atoms. The monoisotopic (exact) mass is 313 g/mol. The summed E-state index contributed by atoms with van der Waals surface area (Å²) in [6, 6.07) is 2.09. The number of aliphatic hydroxyl groups is 1. The van der Waals surface area contributed by atoms with Gasteiger partial charge in [0.15, 0.2) is 0 Å². The molecule has 1 aliphatic carbocycles. The third kappa shape index (κ3) is 2.79. The molecule has 7 heteroatoms. The van der Waals surface area contributed by atoms with E-state index in [1.54, 1.807) is 6.20 Å². The number of carbonyl (C=O) groups is 1. The summed E-state index contributed by atoms with van der Waals surface area (Å²) in [5.41, 5.74) is 2.46. The molecule has 0 aliphatic heterocycles. The van der Waals surface area contributed by atoms with Gasteiger partial charge >= 0.3 is 0 Å². The molecule has 3 aromatic rings. The highest BCUT2D eigenvalue weighted by atomic mass is 16.3. The normalized spacial score (nSPS) is 21.8. The van der Waals surface area contributed by atoms with E-state index in [1.165, 1.54) is 0 Å². The number of nitrogens with one attached hydrogen (secondary N) is 3. The van der Waals surface area contributed by atoms with Crippen LogP contribution in [0.4, 0.5) is 0 Å². The molecule has 0 atom stereocenters. The SMILES string of the molecule is O=C(Cc1nc2c(cnc3[nH]ccc32)[nH]1)NC1CCC(O)CC1. The fraction of sp³-hybridized carbons (Fsp3) is 0.438. The number of rotatable bonds is 3. The Kier molecular flexibility index (Phi) is 3.49. The van der Waals surface area contributed by atoms with Crippen molar-refractivity contribution >= 4 is 28.0 Å². The molecule has 120 valence electrons. The maximum absolute atomic E-state index is 12.2. The Morgan fingerprint density at radius 3 is 3.00 bits per heavy atom. The quantitative estimate of drug-likeness (QED) is 0.586. The van der Waals surface area contributed by atoms with Gasteiger partial charge in [0.25, 0.3) is 0 Å². The number of imidazole rings is 1. The number of aliphatic hydroxyl groups excluding tert-OH is 1. The standard InChI is InChI=1S/C16H19N5O2/c22-10-3-1-9(2-4-10)19-14(23)7-13-20-12-8-18-16-11(5-6-17-16)15(12)21-13/h5-6,8-10,22H,1-4,7H2,(H,17,18)(H,19,23)(H,20,21). The minimum atomic E-state index is -0.213. The highest BCUT2D eigenvalue weighted by Crippen LogP contribution is 2.21. The van der Waals surface area contributed by atoms with Gasteiger partial charge in [0.2, 0.25) is 5.91 Å². The van der Waals surface area contributed by atoms with E-state index in [1.807, 2.05) is 12.3 Å². The van der Waals surface area contributed by atoms with Gasteiger partial charge in [-0.1, -0.05) is 0 Å². The van der Waals surface area contributed by atoms with Crippen molar-refractivity contribution in [2.45, 2.75) is 44.2 Å². The molecule has 1 aliphatic rings. The fourth-order valence-corrected chi connectivity index (χ4v) is 3.26. The highest BCUT2D eigenvalue weighted by Gasteiger charge is 2.21. The van der Waals surface area contributed by atoms with E-state index >= 15 is 0 Å². The number of aromatic nitrogens is 4. The minimum Gasteiger partial charge on any atom is -0.393 e. The van der Waals surface area contributed by atoms with Crippen molar-refractivity contribution in [3.05, 3.63) is 24.3 Å². The molecule has 1 amide bonds. The van der Waals surface area contributed by atoms with E-state index in [2.05, 4.69) is 25.3 Å². The number of hydrogen-bond acceptors (Lipinski definition) is 4. The van der Waals surface area contributed by atoms with Crippen LogP contribution in [0.15, 0.2) is 18.5 Å². The van der Waals surface area contributed by atoms with E-state index in [-0.39, 0.29) is 24.5 Å². The number of nitrogens with zero attached hydrogens (tertiary/aromatic N) is 2. The Morgan fingerprint density at radius 2 is 2.17 bits per heavy atom. The third-order valence-corrected chi connectivity index (χ3v) is 4.47. The van der Waals surface area contributed by atoms with Gasteiger partial charge in [-0.2, -0.15) is 0 Å². The second-order valence-electron chi connectivity index (χ2n) is 6.19. The number of pyridine rings is 1. The molecule has 7 nitrogen and oxygen atoms in total. The zero-order valence-electron chi connectivity index (χ0n) is 12.7. The Labute approximate surface area is 132 Å². The molecule has 0 unspecified atom stereocenters. The van der Waals surface area contributed by atoms with Gasteiger partial charge < -0.3 is 20.4 Å². The van der Waals surface area contributed by atoms with Crippen molar-refractivity contribution in [2.75, 3.05) is 0 Å². The first-order chi connectivity index (χ1) is 11.2. The summed E-state index contributed by atoms with van der Waals surface area (Å²) in [5, 5.41) is 13.5. The lowest BCUT2D eigenvalue weighted by molar-refractivity contribution is -0.121. The van der Waals surface area contributed by atoms with Crippen molar-refractivity contribution in [1.29, 1.82) is 0 Å². The van der Waals surface area contributed by atoms with Gasteiger partial charge in [-0.15, -0.1) is 0 Å². The van der Waals surface area contributed by atoms with Crippen molar-refractivity contribution in [3.8, 4) is 0 Å². The van der Waals surface area contributed by atoms with Crippen LogP contribution in [0.3, 0.4) is 0 Å². The lowest BCUT2D eigenvalue weighted by atomic mass is 9.93. The number of H-pyrrole nitrogens is 2. The molecule has 0 radical (unpaired) electrons. The lowest BCUT2D eigenvalue weighted by Gasteiger charge is -2.26. The van der Waals surface area contributed by atoms with Crippen LogP contribution in [-0.4, -0.2) is 43.1 Å². The van der Waals surface area contributed by atoms with Crippen LogP contribution in [0.2, 0.25) is 0 Å². The van der Waals surface area contributed by atoms with Crippen molar-refractivity contribution in [1.82, 2.24) is 25.3 Å². The molecular formula is C16H19N5O2. The van der Waals surface area contributed by atoms with Crippen LogP contribution >= 0.6 is 0 Å². The largest absolute Gasteiger partial charge is 0.393 e. The summed E-state index contributed by atoms with van der Waals surface area (Å²) in [5.74, 6) is 0.604. The molecule has 4 rings (SSSR count). The van der Waals surface area contributed by atoms with Crippen molar-refractivity contribution < 1.29 is 9.90 Å². The van der Waals surface area contributed by atoms with Crippen molar-refractivity contribution in [2.24, 2.45) is 0 Å². The first-order valence-corrected chi connectivity index (χ1v) is 7.97. The fourth-order valence-electron chi connectivity index (χ4n) is 3.26. The maximum atomic E-state index is 12.2. The van der Waals surface area contributed by atoms with E-state index in [4.69, 9.17) is 0 Å². The van der Waals surface area contributed by atoms with Gasteiger partial charge in [0.1, 0.15) is 17.0 Å². The predicted octanol–water partition coefficient (Wildman–Crippen LogP) is 1.40. The molecule has 0 saturated heterocycles. The molecule has 3 aromatic heterocycles. The zero-order valence-corrected chi connectivity index (χ0v) is 12.7. The summed E-state index contributed by atoms with van der Waals surface area (Å²) in [6.07, 6.45) is 6.75. The van der Waals surface area contributed by atoms with E-state index < -0.39 is 0 Å². The molecule has 0 spiro atoms. The second kappa shape index (κ2) is 5.66. The number of fused-ring (bicyclic) bond motifs is 3. The first kappa shape index (κ1) is 14.2. The number of hydrogen-bond donors (Lipinski definition) is 4. The highest BCUT2D eigenvalue weighted by molar-refractivity contribution is 6.00. The Hall–Kier alpha value is -2.41. The summed E-state index contributed by atoms with van der Waals surface area (Å²) in [6.45, 7) is 0. The minimum absolute atomic E-state index is 0.0382. The number of amides is 1. The van der Waals surface area contributed by atoms with Gasteiger partial charge in [0, 0.05) is 17.6 Å². The Balaban J connectivity index is 1.48. The van der Waals surface area contributed by atoms with Crippen LogP contribution < -0.4 is 5.32 Å². The average molecular weight is 313 g/mol. The lowest BCUT2D eigenvalue weighted by Crippen LogP contribution is -2.39. The van der Waals surface area contributed by atoms with Crippen LogP contribution in [0, 0.1) is 0 Å². The van der Waals surface area contributed by atoms with Crippen LogP contribution in [-0.2, 0) is 11.2 Å². The Morgan fingerprint density at radius 1 is 1.35 bits per heavy atom. The van der Waals surface area contributed by atoms with E-state index in [9.17, 15) is 9.90 Å². The summed E-state index contributed by atoms with van der Waals surface area (Å²) < 4.78 is 0.